The SMILES string of the molecule is Cc1ccc([C@H]2[C@@H](C(=O)N3CCCCCC3)OCC(=O)N2C)cc1. The van der Waals surface area contributed by atoms with Crippen LogP contribution in [0.2, 0.25) is 0 Å². The van der Waals surface area contributed by atoms with Gasteiger partial charge in [-0.25, -0.2) is 0 Å². The van der Waals surface area contributed by atoms with E-state index in [1.807, 2.05) is 36.1 Å². The number of carbonyl (C=O) groups is 2. The highest BCUT2D eigenvalue weighted by molar-refractivity contribution is 5.86. The Labute approximate surface area is 143 Å². The van der Waals surface area contributed by atoms with Crippen molar-refractivity contribution >= 4 is 11.8 Å². The predicted molar refractivity (Wildman–Crippen MR) is 91.5 cm³/mol. The van der Waals surface area contributed by atoms with E-state index >= 15 is 0 Å². The minimum Gasteiger partial charge on any atom is -0.356 e. The molecule has 5 nitrogen and oxygen atoms in total. The average molecular weight is 330 g/mol. The van der Waals surface area contributed by atoms with E-state index in [9.17, 15) is 9.59 Å². The summed E-state index contributed by atoms with van der Waals surface area (Å²) in [6.45, 7) is 3.58. The second kappa shape index (κ2) is 7.34. The van der Waals surface area contributed by atoms with E-state index in [1.165, 1.54) is 12.8 Å². The van der Waals surface area contributed by atoms with Gasteiger partial charge in [-0.2, -0.15) is 0 Å². The van der Waals surface area contributed by atoms with Crippen molar-refractivity contribution in [2.24, 2.45) is 0 Å². The molecule has 0 N–H and O–H groups in total. The molecule has 0 saturated carbocycles. The third-order valence-electron chi connectivity index (χ3n) is 5.06. The number of ether oxygens (including phenoxy) is 1. The van der Waals surface area contributed by atoms with Gasteiger partial charge in [0.05, 0.1) is 6.04 Å². The molecule has 2 amide bonds. The maximum absolute atomic E-state index is 13.1. The maximum atomic E-state index is 13.1. The Balaban J connectivity index is 1.86. The first-order valence-corrected chi connectivity index (χ1v) is 8.80. The number of aryl methyl sites for hydroxylation is 1. The van der Waals surface area contributed by atoms with Crippen LogP contribution >= 0.6 is 0 Å². The lowest BCUT2D eigenvalue weighted by Crippen LogP contribution is -2.54. The van der Waals surface area contributed by atoms with E-state index in [4.69, 9.17) is 4.74 Å². The number of morpholine rings is 1. The fourth-order valence-corrected chi connectivity index (χ4v) is 3.55. The molecule has 2 heterocycles. The molecular weight excluding hydrogens is 304 g/mol. The molecule has 1 aromatic rings. The highest BCUT2D eigenvalue weighted by atomic mass is 16.5. The number of benzene rings is 1. The van der Waals surface area contributed by atoms with Gasteiger partial charge in [0, 0.05) is 20.1 Å². The lowest BCUT2D eigenvalue weighted by atomic mass is 9.96. The molecule has 2 atom stereocenters. The predicted octanol–water partition coefficient (Wildman–Crippen LogP) is 2.30. The molecule has 0 unspecified atom stereocenters. The van der Waals surface area contributed by atoms with Gasteiger partial charge in [0.25, 0.3) is 5.91 Å². The average Bonchev–Trinajstić information content (AvgIpc) is 2.87. The third-order valence-corrected chi connectivity index (χ3v) is 5.06. The van der Waals surface area contributed by atoms with Crippen LogP contribution in [0.1, 0.15) is 42.9 Å². The van der Waals surface area contributed by atoms with Crippen LogP contribution in [0.25, 0.3) is 0 Å². The fraction of sp³-hybridized carbons (Fsp3) is 0.579. The molecule has 2 aliphatic heterocycles. The summed E-state index contributed by atoms with van der Waals surface area (Å²) < 4.78 is 5.73. The van der Waals surface area contributed by atoms with Gasteiger partial charge in [0.2, 0.25) is 5.91 Å². The van der Waals surface area contributed by atoms with Crippen molar-refractivity contribution in [2.45, 2.75) is 44.8 Å². The van der Waals surface area contributed by atoms with E-state index < -0.39 is 6.10 Å². The van der Waals surface area contributed by atoms with Gasteiger partial charge in [0.1, 0.15) is 6.61 Å². The van der Waals surface area contributed by atoms with E-state index in [0.717, 1.165) is 37.1 Å². The molecule has 2 fully saturated rings. The second-order valence-electron chi connectivity index (χ2n) is 6.83. The van der Waals surface area contributed by atoms with E-state index in [0.29, 0.717) is 0 Å². The van der Waals surface area contributed by atoms with E-state index in [2.05, 4.69) is 0 Å². The highest BCUT2D eigenvalue weighted by Crippen LogP contribution is 2.31. The molecule has 24 heavy (non-hydrogen) atoms. The van der Waals surface area contributed by atoms with E-state index in [-0.39, 0.29) is 24.5 Å². The lowest BCUT2D eigenvalue weighted by Gasteiger charge is -2.40. The quantitative estimate of drug-likeness (QED) is 0.836. The number of carbonyl (C=O) groups excluding carboxylic acids is 2. The first kappa shape index (κ1) is 17.0. The van der Waals surface area contributed by atoms with Crippen molar-refractivity contribution in [3.05, 3.63) is 35.4 Å². The largest absolute Gasteiger partial charge is 0.356 e. The zero-order valence-corrected chi connectivity index (χ0v) is 14.5. The molecule has 130 valence electrons. The number of likely N-dealkylation sites (tertiary alicyclic amines) is 1. The van der Waals surface area contributed by atoms with Gasteiger partial charge in [-0.05, 0) is 25.3 Å². The van der Waals surface area contributed by atoms with Crippen molar-refractivity contribution < 1.29 is 14.3 Å². The third kappa shape index (κ3) is 3.46. The van der Waals surface area contributed by atoms with Crippen LogP contribution in [-0.2, 0) is 14.3 Å². The molecule has 0 radical (unpaired) electrons. The normalized spacial score (nSPS) is 25.5. The number of amides is 2. The molecule has 0 aliphatic carbocycles. The molecule has 5 heteroatoms. The van der Waals surface area contributed by atoms with Crippen molar-refractivity contribution in [1.82, 2.24) is 9.80 Å². The highest BCUT2D eigenvalue weighted by Gasteiger charge is 2.41. The summed E-state index contributed by atoms with van der Waals surface area (Å²) in [5.41, 5.74) is 2.10. The maximum Gasteiger partial charge on any atom is 0.254 e. The van der Waals surface area contributed by atoms with Crippen LogP contribution < -0.4 is 0 Å². The van der Waals surface area contributed by atoms with Gasteiger partial charge < -0.3 is 14.5 Å². The summed E-state index contributed by atoms with van der Waals surface area (Å²) in [4.78, 5) is 28.8. The minimum absolute atomic E-state index is 0.0156. The Morgan fingerprint density at radius 2 is 1.71 bits per heavy atom. The Kier molecular flexibility index (Phi) is 5.19. The van der Waals surface area contributed by atoms with Crippen LogP contribution in [0.15, 0.2) is 24.3 Å². The van der Waals surface area contributed by atoms with Gasteiger partial charge in [-0.3, -0.25) is 9.59 Å². The van der Waals surface area contributed by atoms with Gasteiger partial charge >= 0.3 is 0 Å². The molecule has 2 aliphatic rings. The molecule has 0 aromatic heterocycles. The standard InChI is InChI=1S/C19H26N2O3/c1-14-7-9-15(10-8-14)17-18(24-13-16(22)20(17)2)19(23)21-11-5-3-4-6-12-21/h7-10,17-18H,3-6,11-13H2,1-2H3/t17-,18-/m0/s1. The van der Waals surface area contributed by atoms with Gasteiger partial charge in [-0.1, -0.05) is 42.7 Å². The summed E-state index contributed by atoms with van der Waals surface area (Å²) in [6, 6.07) is 7.64. The molecule has 0 bridgehead atoms. The summed E-state index contributed by atoms with van der Waals surface area (Å²) >= 11 is 0. The van der Waals surface area contributed by atoms with E-state index in [1.54, 1.807) is 11.9 Å². The monoisotopic (exact) mass is 330 g/mol. The molecule has 3 rings (SSSR count). The summed E-state index contributed by atoms with van der Waals surface area (Å²) in [6.07, 6.45) is 3.82. The van der Waals surface area contributed by atoms with Gasteiger partial charge in [0.15, 0.2) is 6.10 Å². The number of hydrogen-bond acceptors (Lipinski definition) is 3. The van der Waals surface area contributed by atoms with Crippen LogP contribution in [-0.4, -0.2) is 54.5 Å². The van der Waals surface area contributed by atoms with Crippen LogP contribution in [0, 0.1) is 6.92 Å². The minimum atomic E-state index is -0.617. The Bertz CT molecular complexity index is 591. The summed E-state index contributed by atoms with van der Waals surface area (Å²) in [5.74, 6) is -0.0673. The van der Waals surface area contributed by atoms with Crippen molar-refractivity contribution in [3.8, 4) is 0 Å². The first-order valence-electron chi connectivity index (χ1n) is 8.80. The van der Waals surface area contributed by atoms with Crippen molar-refractivity contribution in [3.63, 3.8) is 0 Å². The number of rotatable bonds is 2. The zero-order valence-electron chi connectivity index (χ0n) is 14.5. The summed E-state index contributed by atoms with van der Waals surface area (Å²) in [7, 11) is 1.76. The number of likely N-dealkylation sites (N-methyl/N-ethyl adjacent to an activating group) is 1. The Morgan fingerprint density at radius 3 is 2.33 bits per heavy atom. The van der Waals surface area contributed by atoms with Crippen LogP contribution in [0.3, 0.4) is 0 Å². The Hall–Kier alpha value is -1.88. The number of hydrogen-bond donors (Lipinski definition) is 0. The molecular formula is C19H26N2O3. The second-order valence-corrected chi connectivity index (χ2v) is 6.83. The first-order chi connectivity index (χ1) is 11.6. The van der Waals surface area contributed by atoms with Crippen LogP contribution in [0.4, 0.5) is 0 Å². The van der Waals surface area contributed by atoms with Gasteiger partial charge in [-0.15, -0.1) is 0 Å². The van der Waals surface area contributed by atoms with Crippen molar-refractivity contribution in [2.75, 3.05) is 26.7 Å². The molecule has 1 aromatic carbocycles. The lowest BCUT2D eigenvalue weighted by molar-refractivity contribution is -0.167. The van der Waals surface area contributed by atoms with Crippen LogP contribution in [0.5, 0.6) is 0 Å². The zero-order chi connectivity index (χ0) is 17.1. The van der Waals surface area contributed by atoms with Crippen molar-refractivity contribution in [1.29, 1.82) is 0 Å². The molecule has 2 saturated heterocycles. The number of nitrogens with zero attached hydrogens (tertiary/aromatic N) is 2. The molecule has 0 spiro atoms. The smallest absolute Gasteiger partial charge is 0.254 e. The topological polar surface area (TPSA) is 49.9 Å². The Morgan fingerprint density at radius 1 is 1.08 bits per heavy atom. The summed E-state index contributed by atoms with van der Waals surface area (Å²) in [5, 5.41) is 0. The fourth-order valence-electron chi connectivity index (χ4n) is 3.55.